The van der Waals surface area contributed by atoms with Gasteiger partial charge in [0.05, 0.1) is 41.4 Å². The van der Waals surface area contributed by atoms with Gasteiger partial charge >= 0.3 is 0 Å². The quantitative estimate of drug-likeness (QED) is 0.474. The second kappa shape index (κ2) is 9.00. The maximum Gasteiger partial charge on any atom is 0.240 e. The van der Waals surface area contributed by atoms with Gasteiger partial charge in [-0.15, -0.1) is 0 Å². The Bertz CT molecular complexity index is 1450. The van der Waals surface area contributed by atoms with Crippen LogP contribution in [0.15, 0.2) is 54.6 Å². The SMILES string of the molecule is Cc1ccc(OCC[C@]2(C)CC[C@@](C)(O)[C@H]3C(=O)N(c4ccc(C#N)c5ccccc45)C(=O)[C@H]32)c(C)c1. The van der Waals surface area contributed by atoms with E-state index in [1.807, 2.05) is 57.2 Å². The fourth-order valence-electron chi connectivity index (χ4n) is 6.30. The third-order valence-electron chi connectivity index (χ3n) is 8.45. The molecule has 3 aromatic carbocycles. The molecule has 0 unspecified atom stereocenters. The van der Waals surface area contributed by atoms with Crippen LogP contribution < -0.4 is 9.64 Å². The minimum Gasteiger partial charge on any atom is -0.493 e. The number of carbonyl (C=O) groups excluding carboxylic acids is 2. The van der Waals surface area contributed by atoms with Crippen molar-refractivity contribution in [3.05, 3.63) is 71.3 Å². The third kappa shape index (κ3) is 4.08. The van der Waals surface area contributed by atoms with Crippen molar-refractivity contribution in [2.75, 3.05) is 11.5 Å². The third-order valence-corrected chi connectivity index (χ3v) is 8.45. The molecule has 1 saturated heterocycles. The molecule has 1 aliphatic heterocycles. The minimum atomic E-state index is -1.29. The van der Waals surface area contributed by atoms with E-state index in [-0.39, 0.29) is 11.8 Å². The average molecular weight is 497 g/mol. The number of rotatable bonds is 5. The average Bonchev–Trinajstić information content (AvgIpc) is 3.14. The predicted octanol–water partition coefficient (Wildman–Crippen LogP) is 5.45. The van der Waals surface area contributed by atoms with Crippen LogP contribution in [-0.2, 0) is 9.59 Å². The molecule has 1 aliphatic carbocycles. The van der Waals surface area contributed by atoms with Crippen LogP contribution in [0.5, 0.6) is 5.75 Å². The van der Waals surface area contributed by atoms with Crippen LogP contribution in [0, 0.1) is 42.4 Å². The number of aryl methyl sites for hydroxylation is 2. The second-order valence-electron chi connectivity index (χ2n) is 11.1. The molecule has 2 fully saturated rings. The maximum absolute atomic E-state index is 14.1. The Morgan fingerprint density at radius 3 is 2.41 bits per heavy atom. The maximum atomic E-state index is 14.1. The van der Waals surface area contributed by atoms with Crippen LogP contribution in [0.2, 0.25) is 0 Å². The molecule has 0 bridgehead atoms. The summed E-state index contributed by atoms with van der Waals surface area (Å²) in [5.74, 6) is -1.36. The van der Waals surface area contributed by atoms with Gasteiger partial charge in [0.2, 0.25) is 11.8 Å². The summed E-state index contributed by atoms with van der Waals surface area (Å²) >= 11 is 0. The first kappa shape index (κ1) is 25.0. The molecule has 2 amide bonds. The number of nitrogens with zero attached hydrogens (tertiary/aromatic N) is 2. The van der Waals surface area contributed by atoms with Gasteiger partial charge in [-0.1, -0.05) is 48.9 Å². The van der Waals surface area contributed by atoms with Crippen molar-refractivity contribution >= 4 is 28.3 Å². The van der Waals surface area contributed by atoms with Crippen molar-refractivity contribution in [2.24, 2.45) is 17.3 Å². The number of carbonyl (C=O) groups is 2. The smallest absolute Gasteiger partial charge is 0.240 e. The van der Waals surface area contributed by atoms with E-state index >= 15 is 0 Å². The zero-order valence-corrected chi connectivity index (χ0v) is 21.7. The van der Waals surface area contributed by atoms with Gasteiger partial charge in [0.1, 0.15) is 5.75 Å². The lowest BCUT2D eigenvalue weighted by Gasteiger charge is -2.47. The van der Waals surface area contributed by atoms with Gasteiger partial charge in [-0.2, -0.15) is 5.26 Å². The monoisotopic (exact) mass is 496 g/mol. The standard InChI is InChI=1S/C31H32N2O4/c1-19-9-12-25(20(2)17-19)37-16-15-30(3)13-14-31(4,36)27-26(30)28(34)33(29(27)35)24-11-10-21(18-32)22-7-5-6-8-23(22)24/h5-12,17,26-27,36H,13-16H2,1-4H3/t26-,27+,30-,31+/m0/s1. The van der Waals surface area contributed by atoms with Crippen LogP contribution in [0.25, 0.3) is 10.8 Å². The number of benzene rings is 3. The lowest BCUT2D eigenvalue weighted by atomic mass is 9.57. The Labute approximate surface area is 217 Å². The van der Waals surface area contributed by atoms with Crippen molar-refractivity contribution in [1.82, 2.24) is 0 Å². The van der Waals surface area contributed by atoms with E-state index in [0.717, 1.165) is 11.3 Å². The Kier molecular flexibility index (Phi) is 6.08. The second-order valence-corrected chi connectivity index (χ2v) is 11.1. The molecule has 2 aliphatic rings. The lowest BCUT2D eigenvalue weighted by Crippen LogP contribution is -2.52. The molecule has 37 heavy (non-hydrogen) atoms. The number of aliphatic hydroxyl groups is 1. The molecule has 0 radical (unpaired) electrons. The summed E-state index contributed by atoms with van der Waals surface area (Å²) in [6, 6.07) is 18.9. The van der Waals surface area contributed by atoms with E-state index in [9.17, 15) is 20.0 Å². The molecule has 1 N–H and O–H groups in total. The Hall–Kier alpha value is -3.69. The largest absolute Gasteiger partial charge is 0.493 e. The number of fused-ring (bicyclic) bond motifs is 2. The highest BCUT2D eigenvalue weighted by molar-refractivity contribution is 6.25. The van der Waals surface area contributed by atoms with Gasteiger partial charge in [0.15, 0.2) is 0 Å². The first-order valence-electron chi connectivity index (χ1n) is 12.8. The Balaban J connectivity index is 1.49. The van der Waals surface area contributed by atoms with Crippen molar-refractivity contribution in [3.8, 4) is 11.8 Å². The van der Waals surface area contributed by atoms with Gasteiger partial charge in [-0.25, -0.2) is 4.90 Å². The molecule has 1 heterocycles. The first-order chi connectivity index (χ1) is 17.6. The number of hydrogen-bond donors (Lipinski definition) is 1. The molecule has 4 atom stereocenters. The summed E-state index contributed by atoms with van der Waals surface area (Å²) in [5.41, 5.74) is 1.36. The fraction of sp³-hybridized carbons (Fsp3) is 0.387. The minimum absolute atomic E-state index is 0.293. The number of amides is 2. The van der Waals surface area contributed by atoms with Gasteiger partial charge in [0.25, 0.3) is 0 Å². The normalized spacial score (nSPS) is 27.3. The zero-order chi connectivity index (χ0) is 26.5. The van der Waals surface area contributed by atoms with Crippen LogP contribution in [0.1, 0.15) is 49.8 Å². The fourth-order valence-corrected chi connectivity index (χ4v) is 6.30. The molecule has 3 aromatic rings. The molecule has 5 rings (SSSR count). The number of ether oxygens (including phenoxy) is 1. The van der Waals surface area contributed by atoms with Gasteiger partial charge in [0, 0.05) is 10.8 Å². The molecule has 6 nitrogen and oxygen atoms in total. The van der Waals surface area contributed by atoms with Crippen molar-refractivity contribution < 1.29 is 19.4 Å². The van der Waals surface area contributed by atoms with Crippen molar-refractivity contribution in [2.45, 2.75) is 52.6 Å². The van der Waals surface area contributed by atoms with Gasteiger partial charge in [-0.3, -0.25) is 9.59 Å². The van der Waals surface area contributed by atoms with Crippen LogP contribution >= 0.6 is 0 Å². The Morgan fingerprint density at radius 1 is 1.00 bits per heavy atom. The molecule has 190 valence electrons. The summed E-state index contributed by atoms with van der Waals surface area (Å²) in [4.78, 5) is 29.2. The van der Waals surface area contributed by atoms with Crippen molar-refractivity contribution in [3.63, 3.8) is 0 Å². The summed E-state index contributed by atoms with van der Waals surface area (Å²) in [6.45, 7) is 8.17. The zero-order valence-electron chi connectivity index (χ0n) is 21.7. The summed E-state index contributed by atoms with van der Waals surface area (Å²) in [7, 11) is 0. The van der Waals surface area contributed by atoms with E-state index < -0.39 is 22.9 Å². The topological polar surface area (TPSA) is 90.6 Å². The number of imide groups is 1. The van der Waals surface area contributed by atoms with E-state index in [1.54, 1.807) is 19.1 Å². The summed E-state index contributed by atoms with van der Waals surface area (Å²) in [6.07, 6.45) is 1.62. The Morgan fingerprint density at radius 2 is 1.70 bits per heavy atom. The van der Waals surface area contributed by atoms with Crippen molar-refractivity contribution in [1.29, 1.82) is 5.26 Å². The van der Waals surface area contributed by atoms with E-state index in [0.29, 0.717) is 47.9 Å². The number of anilines is 1. The predicted molar refractivity (Wildman–Crippen MR) is 142 cm³/mol. The van der Waals surface area contributed by atoms with Gasteiger partial charge < -0.3 is 9.84 Å². The number of hydrogen-bond acceptors (Lipinski definition) is 5. The lowest BCUT2D eigenvalue weighted by molar-refractivity contribution is -0.148. The van der Waals surface area contributed by atoms with Crippen LogP contribution in [0.4, 0.5) is 5.69 Å². The van der Waals surface area contributed by atoms with E-state index in [1.165, 1.54) is 10.5 Å². The molecule has 0 spiro atoms. The molecule has 1 saturated carbocycles. The highest BCUT2D eigenvalue weighted by atomic mass is 16.5. The van der Waals surface area contributed by atoms with Gasteiger partial charge in [-0.05, 0) is 69.2 Å². The molecule has 0 aromatic heterocycles. The highest BCUT2D eigenvalue weighted by Crippen LogP contribution is 2.55. The van der Waals surface area contributed by atoms with E-state index in [4.69, 9.17) is 4.74 Å². The highest BCUT2D eigenvalue weighted by Gasteiger charge is 2.64. The molecule has 6 heteroatoms. The van der Waals surface area contributed by atoms with E-state index in [2.05, 4.69) is 12.1 Å². The summed E-state index contributed by atoms with van der Waals surface area (Å²) < 4.78 is 6.11. The van der Waals surface area contributed by atoms with Crippen LogP contribution in [0.3, 0.4) is 0 Å². The number of nitriles is 1. The first-order valence-corrected chi connectivity index (χ1v) is 12.8. The summed E-state index contributed by atoms with van der Waals surface area (Å²) in [5, 5.41) is 22.2. The molecular weight excluding hydrogens is 464 g/mol. The molecular formula is C31H32N2O4. The van der Waals surface area contributed by atoms with Crippen LogP contribution in [-0.4, -0.2) is 29.1 Å².